The molecule has 0 bridgehead atoms. The van der Waals surface area contributed by atoms with Crippen LogP contribution in [-0.2, 0) is 21.4 Å². The molecular weight excluding hydrogens is 480 g/mol. The van der Waals surface area contributed by atoms with Gasteiger partial charge < -0.3 is 15.2 Å². The van der Waals surface area contributed by atoms with Gasteiger partial charge in [0.1, 0.15) is 18.2 Å². The molecule has 9 heteroatoms. The van der Waals surface area contributed by atoms with Gasteiger partial charge in [0.15, 0.2) is 0 Å². The number of rotatable bonds is 6. The summed E-state index contributed by atoms with van der Waals surface area (Å²) in [6.45, 7) is 3.12. The van der Waals surface area contributed by atoms with E-state index in [4.69, 9.17) is 16.3 Å². The molecule has 1 aromatic carbocycles. The Balaban J connectivity index is 1.04. The number of piperidine rings is 1. The van der Waals surface area contributed by atoms with E-state index in [0.717, 1.165) is 73.7 Å². The van der Waals surface area contributed by atoms with Crippen LogP contribution in [0.15, 0.2) is 30.5 Å². The number of benzene rings is 1. The molecular formula is C27H31ClN4O4. The number of ether oxygens (including phenoxy) is 1. The van der Waals surface area contributed by atoms with E-state index < -0.39 is 5.41 Å². The third-order valence-electron chi connectivity index (χ3n) is 8.42. The number of nitrogens with one attached hydrogen (secondary N) is 1. The first kappa shape index (κ1) is 23.7. The number of carbonyl (C=O) groups is 2. The summed E-state index contributed by atoms with van der Waals surface area (Å²) in [5.74, 6) is 1.95. The van der Waals surface area contributed by atoms with Gasteiger partial charge in [-0.1, -0.05) is 11.6 Å². The van der Waals surface area contributed by atoms with Crippen molar-refractivity contribution in [1.82, 2.24) is 9.88 Å². The van der Waals surface area contributed by atoms with Gasteiger partial charge in [0.25, 0.3) is 0 Å². The lowest BCUT2D eigenvalue weighted by molar-refractivity contribution is -0.122. The molecule has 2 N–H and O–H groups in total. The summed E-state index contributed by atoms with van der Waals surface area (Å²) in [6.07, 6.45) is 6.05. The van der Waals surface area contributed by atoms with Crippen LogP contribution in [0.5, 0.6) is 5.75 Å². The fourth-order valence-corrected chi connectivity index (χ4v) is 6.38. The van der Waals surface area contributed by atoms with E-state index in [1.807, 2.05) is 29.2 Å². The van der Waals surface area contributed by atoms with Crippen LogP contribution in [-0.4, -0.2) is 65.7 Å². The lowest BCUT2D eigenvalue weighted by Crippen LogP contribution is -2.51. The lowest BCUT2D eigenvalue weighted by atomic mass is 9.73. The Labute approximate surface area is 215 Å². The van der Waals surface area contributed by atoms with Gasteiger partial charge in [-0.15, -0.1) is 0 Å². The Morgan fingerprint density at radius 1 is 1.17 bits per heavy atom. The summed E-state index contributed by atoms with van der Waals surface area (Å²) >= 11 is 6.23. The molecule has 1 aliphatic carbocycles. The van der Waals surface area contributed by atoms with E-state index in [2.05, 4.69) is 15.2 Å². The second-order valence-electron chi connectivity index (χ2n) is 10.5. The molecule has 8 nitrogen and oxygen atoms in total. The number of hydrogen-bond donors (Lipinski definition) is 2. The number of halogens is 1. The molecule has 4 heterocycles. The first-order valence-electron chi connectivity index (χ1n) is 12.9. The first-order chi connectivity index (χ1) is 17.5. The van der Waals surface area contributed by atoms with E-state index in [1.54, 1.807) is 6.20 Å². The molecule has 2 aromatic rings. The van der Waals surface area contributed by atoms with Gasteiger partial charge in [-0.05, 0) is 86.5 Å². The molecule has 1 spiro atoms. The molecule has 36 heavy (non-hydrogen) atoms. The molecule has 190 valence electrons. The van der Waals surface area contributed by atoms with Crippen LogP contribution in [0.1, 0.15) is 43.2 Å². The molecule has 0 unspecified atom stereocenters. The average molecular weight is 511 g/mol. The second kappa shape index (κ2) is 9.32. The minimum atomic E-state index is -0.485. The molecule has 1 saturated carbocycles. The van der Waals surface area contributed by atoms with E-state index in [-0.39, 0.29) is 30.4 Å². The molecule has 2 amide bonds. The average Bonchev–Trinajstić information content (AvgIpc) is 3.11. The van der Waals surface area contributed by atoms with Crippen LogP contribution < -0.4 is 15.0 Å². The van der Waals surface area contributed by atoms with Gasteiger partial charge in [-0.2, -0.15) is 0 Å². The molecule has 1 saturated heterocycles. The quantitative estimate of drug-likeness (QED) is 0.620. The Hall–Kier alpha value is -2.68. The zero-order valence-corrected chi connectivity index (χ0v) is 21.0. The Bertz CT molecular complexity index is 1190. The third-order valence-corrected chi connectivity index (χ3v) is 8.66. The van der Waals surface area contributed by atoms with Crippen molar-refractivity contribution in [2.45, 2.75) is 50.0 Å². The summed E-state index contributed by atoms with van der Waals surface area (Å²) in [7, 11) is 0. The predicted octanol–water partition coefficient (Wildman–Crippen LogP) is 3.15. The summed E-state index contributed by atoms with van der Waals surface area (Å²) in [5.41, 5.74) is 2.47. The highest BCUT2D eigenvalue weighted by Crippen LogP contribution is 2.46. The first-order valence-corrected chi connectivity index (χ1v) is 13.2. The maximum atomic E-state index is 12.8. The van der Waals surface area contributed by atoms with Crippen LogP contribution in [0.2, 0.25) is 5.02 Å². The zero-order chi connectivity index (χ0) is 24.9. The molecule has 0 radical (unpaired) electrons. The largest absolute Gasteiger partial charge is 0.491 e. The zero-order valence-electron chi connectivity index (χ0n) is 20.2. The molecule has 0 atom stereocenters. The number of aryl methyl sites for hydroxylation is 1. The molecule has 3 aliphatic heterocycles. The van der Waals surface area contributed by atoms with E-state index >= 15 is 0 Å². The van der Waals surface area contributed by atoms with E-state index in [1.165, 1.54) is 0 Å². The van der Waals surface area contributed by atoms with Gasteiger partial charge >= 0.3 is 0 Å². The highest BCUT2D eigenvalue weighted by Gasteiger charge is 2.48. The summed E-state index contributed by atoms with van der Waals surface area (Å²) in [6, 6.07) is 7.79. The number of fused-ring (bicyclic) bond motifs is 3. The number of pyridine rings is 1. The van der Waals surface area contributed by atoms with Gasteiger partial charge in [0.05, 0.1) is 11.6 Å². The van der Waals surface area contributed by atoms with Crippen molar-refractivity contribution < 1.29 is 19.4 Å². The van der Waals surface area contributed by atoms with Gasteiger partial charge in [0.2, 0.25) is 11.8 Å². The highest BCUT2D eigenvalue weighted by molar-refractivity contribution is 6.31. The standard InChI is InChI=1S/C27H31ClN4O4/c28-19-2-3-23-22(14-19)27(26(35)30-23)5-7-31(8-6-27)9-10-36-21-13-18-1-4-24(34)32(25(18)29-15-21)20-11-17(12-20)16-33/h2-3,13-15,17,20,33H,1,4-12,16H2,(H,30,35)/t17-,20-. The number of nitrogens with zero attached hydrogens (tertiary/aromatic N) is 3. The number of hydrogen-bond acceptors (Lipinski definition) is 6. The predicted molar refractivity (Wildman–Crippen MR) is 137 cm³/mol. The Kier molecular flexibility index (Phi) is 6.14. The number of anilines is 2. The minimum absolute atomic E-state index is 0.0807. The molecule has 4 aliphatic rings. The third kappa shape index (κ3) is 4.05. The lowest BCUT2D eigenvalue weighted by Gasteiger charge is -2.43. The van der Waals surface area contributed by atoms with E-state index in [0.29, 0.717) is 24.5 Å². The summed E-state index contributed by atoms with van der Waals surface area (Å²) in [4.78, 5) is 34.2. The number of likely N-dealkylation sites (tertiary alicyclic amines) is 1. The Morgan fingerprint density at radius 3 is 2.75 bits per heavy atom. The van der Waals surface area contributed by atoms with Crippen molar-refractivity contribution in [1.29, 1.82) is 0 Å². The SMILES string of the molecule is O=C1CCc2cc(OCCN3CCC4(CC3)C(=O)Nc3ccc(Cl)cc34)cnc2N1[C@H]1C[C@H](CO)C1. The van der Waals surface area contributed by atoms with Crippen molar-refractivity contribution >= 4 is 34.9 Å². The van der Waals surface area contributed by atoms with Crippen LogP contribution in [0.3, 0.4) is 0 Å². The normalized spacial score (nSPS) is 24.8. The monoisotopic (exact) mass is 510 g/mol. The van der Waals surface area contributed by atoms with E-state index in [9.17, 15) is 14.7 Å². The fourth-order valence-electron chi connectivity index (χ4n) is 6.21. The molecule has 2 fully saturated rings. The maximum absolute atomic E-state index is 12.8. The topological polar surface area (TPSA) is 95.0 Å². The summed E-state index contributed by atoms with van der Waals surface area (Å²) < 4.78 is 6.04. The van der Waals surface area contributed by atoms with Crippen molar-refractivity contribution in [2.75, 3.05) is 43.1 Å². The second-order valence-corrected chi connectivity index (χ2v) is 10.9. The van der Waals surface area contributed by atoms with Gasteiger partial charge in [-0.3, -0.25) is 19.4 Å². The maximum Gasteiger partial charge on any atom is 0.235 e. The van der Waals surface area contributed by atoms with Crippen molar-refractivity contribution in [3.63, 3.8) is 0 Å². The van der Waals surface area contributed by atoms with Gasteiger partial charge in [0, 0.05) is 36.3 Å². The molecule has 6 rings (SSSR count). The van der Waals surface area contributed by atoms with Crippen LogP contribution in [0.25, 0.3) is 0 Å². The van der Waals surface area contributed by atoms with Crippen LogP contribution in [0, 0.1) is 5.92 Å². The number of aliphatic hydroxyl groups is 1. The van der Waals surface area contributed by atoms with Gasteiger partial charge in [-0.25, -0.2) is 4.98 Å². The highest BCUT2D eigenvalue weighted by atomic mass is 35.5. The fraction of sp³-hybridized carbons (Fsp3) is 0.519. The molecule has 1 aromatic heterocycles. The van der Waals surface area contributed by atoms with Crippen LogP contribution >= 0.6 is 11.6 Å². The van der Waals surface area contributed by atoms with Crippen molar-refractivity contribution in [2.24, 2.45) is 5.92 Å². The Morgan fingerprint density at radius 2 is 1.97 bits per heavy atom. The number of aliphatic hydroxyl groups excluding tert-OH is 1. The summed E-state index contributed by atoms with van der Waals surface area (Å²) in [5, 5.41) is 13.0. The number of aromatic nitrogens is 1. The van der Waals surface area contributed by atoms with Crippen molar-refractivity contribution in [3.05, 3.63) is 46.6 Å². The number of carbonyl (C=O) groups excluding carboxylic acids is 2. The minimum Gasteiger partial charge on any atom is -0.491 e. The van der Waals surface area contributed by atoms with Crippen molar-refractivity contribution in [3.8, 4) is 5.75 Å². The number of amides is 2. The smallest absolute Gasteiger partial charge is 0.235 e. The van der Waals surface area contributed by atoms with Crippen LogP contribution in [0.4, 0.5) is 11.5 Å².